The lowest BCUT2D eigenvalue weighted by molar-refractivity contribution is 0.409. The van der Waals surface area contributed by atoms with Crippen LogP contribution in [0.25, 0.3) is 5.82 Å². The predicted molar refractivity (Wildman–Crippen MR) is 64.5 cm³/mol. The third-order valence-corrected chi connectivity index (χ3v) is 2.25. The van der Waals surface area contributed by atoms with Crippen molar-refractivity contribution in [3.63, 3.8) is 0 Å². The maximum Gasteiger partial charge on any atom is 0.206 e. The molecule has 0 fully saturated rings. The van der Waals surface area contributed by atoms with Gasteiger partial charge in [-0.25, -0.2) is 14.6 Å². The van der Waals surface area contributed by atoms with E-state index < -0.39 is 0 Å². The molecule has 0 aromatic carbocycles. The van der Waals surface area contributed by atoms with E-state index in [1.807, 2.05) is 12.3 Å². The van der Waals surface area contributed by atoms with Gasteiger partial charge in [0.25, 0.3) is 0 Å². The first-order chi connectivity index (χ1) is 8.36. The quantitative estimate of drug-likeness (QED) is 0.847. The molecule has 0 unspecified atom stereocenters. The van der Waals surface area contributed by atoms with E-state index in [0.29, 0.717) is 17.4 Å². The average Bonchev–Trinajstić information content (AvgIpc) is 2.89. The van der Waals surface area contributed by atoms with Gasteiger partial charge in [-0.3, -0.25) is 0 Å². The van der Waals surface area contributed by atoms with Gasteiger partial charge in [0.1, 0.15) is 6.33 Å². The van der Waals surface area contributed by atoms with E-state index >= 15 is 0 Å². The molecule has 0 aliphatic carbocycles. The van der Waals surface area contributed by atoms with Gasteiger partial charge in [-0.15, -0.1) is 0 Å². The van der Waals surface area contributed by atoms with Crippen LogP contribution in [0.2, 0.25) is 0 Å². The Morgan fingerprint density at radius 1 is 1.41 bits per heavy atom. The number of hydrogen-bond donors (Lipinski definition) is 1. The smallest absolute Gasteiger partial charge is 0.206 e. The topological polar surface area (TPSA) is 64.9 Å². The Labute approximate surface area is 99.7 Å². The van der Waals surface area contributed by atoms with E-state index in [-0.39, 0.29) is 0 Å². The van der Waals surface area contributed by atoms with Crippen molar-refractivity contribution in [2.75, 3.05) is 19.0 Å². The van der Waals surface area contributed by atoms with Gasteiger partial charge in [-0.1, -0.05) is 6.92 Å². The van der Waals surface area contributed by atoms with Crippen molar-refractivity contribution in [1.82, 2.24) is 19.7 Å². The van der Waals surface area contributed by atoms with Gasteiger partial charge in [-0.05, 0) is 12.5 Å². The largest absolute Gasteiger partial charge is 0.490 e. The van der Waals surface area contributed by atoms with Crippen LogP contribution in [0.1, 0.15) is 13.3 Å². The van der Waals surface area contributed by atoms with Crippen LogP contribution in [-0.4, -0.2) is 33.4 Å². The van der Waals surface area contributed by atoms with E-state index in [1.165, 1.54) is 6.33 Å². The summed E-state index contributed by atoms with van der Waals surface area (Å²) in [6, 6.07) is 1.83. The number of ether oxygens (including phenoxy) is 1. The Morgan fingerprint density at radius 2 is 2.29 bits per heavy atom. The van der Waals surface area contributed by atoms with Crippen molar-refractivity contribution >= 4 is 5.82 Å². The van der Waals surface area contributed by atoms with Crippen LogP contribution in [0.3, 0.4) is 0 Å². The summed E-state index contributed by atoms with van der Waals surface area (Å²) in [5.74, 6) is 1.92. The first kappa shape index (κ1) is 11.4. The molecule has 0 aliphatic rings. The minimum atomic E-state index is 0.602. The zero-order chi connectivity index (χ0) is 12.1. The summed E-state index contributed by atoms with van der Waals surface area (Å²) in [5.41, 5.74) is 0. The number of anilines is 1. The van der Waals surface area contributed by atoms with Crippen molar-refractivity contribution in [2.45, 2.75) is 13.3 Å². The Balaban J connectivity index is 2.39. The molecular formula is C11H15N5O. The van der Waals surface area contributed by atoms with Crippen LogP contribution in [0.4, 0.5) is 5.82 Å². The molecule has 6 nitrogen and oxygen atoms in total. The standard InChI is InChI=1S/C11H15N5O/c1-3-5-12-10-9(17-2)11(14-8-13-10)16-7-4-6-15-16/h4,6-8H,3,5H2,1-2H3,(H,12,13,14). The van der Waals surface area contributed by atoms with Crippen LogP contribution in [0.15, 0.2) is 24.8 Å². The zero-order valence-electron chi connectivity index (χ0n) is 9.92. The van der Waals surface area contributed by atoms with Gasteiger partial charge in [0.15, 0.2) is 5.82 Å². The van der Waals surface area contributed by atoms with Crippen LogP contribution in [0, 0.1) is 0 Å². The van der Waals surface area contributed by atoms with Crippen LogP contribution in [0.5, 0.6) is 5.75 Å². The normalized spacial score (nSPS) is 10.2. The first-order valence-corrected chi connectivity index (χ1v) is 5.49. The monoisotopic (exact) mass is 233 g/mol. The van der Waals surface area contributed by atoms with Crippen molar-refractivity contribution in [2.24, 2.45) is 0 Å². The Bertz CT molecular complexity index is 469. The van der Waals surface area contributed by atoms with Gasteiger partial charge in [0.2, 0.25) is 11.6 Å². The lowest BCUT2D eigenvalue weighted by atomic mass is 10.4. The average molecular weight is 233 g/mol. The maximum atomic E-state index is 5.35. The fraction of sp³-hybridized carbons (Fsp3) is 0.364. The van der Waals surface area contributed by atoms with Crippen molar-refractivity contribution in [3.8, 4) is 11.6 Å². The fourth-order valence-electron chi connectivity index (χ4n) is 1.48. The van der Waals surface area contributed by atoms with E-state index in [9.17, 15) is 0 Å². The van der Waals surface area contributed by atoms with Crippen LogP contribution >= 0.6 is 0 Å². The molecule has 2 rings (SSSR count). The lowest BCUT2D eigenvalue weighted by Gasteiger charge is -2.12. The van der Waals surface area contributed by atoms with Gasteiger partial charge < -0.3 is 10.1 Å². The van der Waals surface area contributed by atoms with E-state index in [0.717, 1.165) is 13.0 Å². The highest BCUT2D eigenvalue weighted by atomic mass is 16.5. The molecule has 17 heavy (non-hydrogen) atoms. The Hall–Kier alpha value is -2.11. The summed E-state index contributed by atoms with van der Waals surface area (Å²) >= 11 is 0. The predicted octanol–water partition coefficient (Wildman–Crippen LogP) is 1.49. The summed E-state index contributed by atoms with van der Waals surface area (Å²) in [6.07, 6.45) is 6.02. The zero-order valence-corrected chi connectivity index (χ0v) is 9.92. The molecule has 0 amide bonds. The molecule has 0 spiro atoms. The molecular weight excluding hydrogens is 218 g/mol. The van der Waals surface area contributed by atoms with Gasteiger partial charge in [0.05, 0.1) is 7.11 Å². The highest BCUT2D eigenvalue weighted by molar-refractivity contribution is 5.57. The third kappa shape index (κ3) is 2.35. The van der Waals surface area contributed by atoms with Crippen molar-refractivity contribution in [1.29, 1.82) is 0 Å². The molecule has 2 heterocycles. The van der Waals surface area contributed by atoms with Crippen LogP contribution in [-0.2, 0) is 0 Å². The number of nitrogens with one attached hydrogen (secondary N) is 1. The summed E-state index contributed by atoms with van der Waals surface area (Å²) < 4.78 is 7.00. The highest BCUT2D eigenvalue weighted by Gasteiger charge is 2.13. The van der Waals surface area contributed by atoms with Gasteiger partial charge >= 0.3 is 0 Å². The fourth-order valence-corrected chi connectivity index (χ4v) is 1.48. The molecule has 0 aliphatic heterocycles. The summed E-state index contributed by atoms with van der Waals surface area (Å²) in [7, 11) is 1.60. The summed E-state index contributed by atoms with van der Waals surface area (Å²) in [5, 5.41) is 7.33. The molecule has 0 atom stereocenters. The molecule has 0 radical (unpaired) electrons. The first-order valence-electron chi connectivity index (χ1n) is 5.49. The maximum absolute atomic E-state index is 5.35. The SMILES string of the molecule is CCCNc1ncnc(-n2cccn2)c1OC. The highest BCUT2D eigenvalue weighted by Crippen LogP contribution is 2.26. The second-order valence-corrected chi connectivity index (χ2v) is 3.46. The third-order valence-electron chi connectivity index (χ3n) is 2.25. The second kappa shape index (κ2) is 5.29. The van der Waals surface area contributed by atoms with E-state index in [2.05, 4.69) is 27.3 Å². The summed E-state index contributed by atoms with van der Waals surface area (Å²) in [6.45, 7) is 2.93. The van der Waals surface area contributed by atoms with Crippen LogP contribution < -0.4 is 10.1 Å². The molecule has 0 saturated heterocycles. The number of rotatable bonds is 5. The van der Waals surface area contributed by atoms with Crippen molar-refractivity contribution in [3.05, 3.63) is 24.8 Å². The molecule has 2 aromatic rings. The second-order valence-electron chi connectivity index (χ2n) is 3.46. The lowest BCUT2D eigenvalue weighted by Crippen LogP contribution is -2.08. The molecule has 1 N–H and O–H groups in total. The minimum absolute atomic E-state index is 0.602. The van der Waals surface area contributed by atoms with E-state index in [4.69, 9.17) is 4.74 Å². The molecule has 0 bridgehead atoms. The molecule has 0 saturated carbocycles. The molecule has 2 aromatic heterocycles. The summed E-state index contributed by atoms with van der Waals surface area (Å²) in [4.78, 5) is 8.35. The van der Waals surface area contributed by atoms with Gasteiger partial charge in [0, 0.05) is 18.9 Å². The molecule has 6 heteroatoms. The Morgan fingerprint density at radius 3 is 2.94 bits per heavy atom. The van der Waals surface area contributed by atoms with E-state index in [1.54, 1.807) is 18.0 Å². The molecule has 90 valence electrons. The Kier molecular flexibility index (Phi) is 3.54. The van der Waals surface area contributed by atoms with Crippen molar-refractivity contribution < 1.29 is 4.74 Å². The number of nitrogens with zero attached hydrogens (tertiary/aromatic N) is 4. The minimum Gasteiger partial charge on any atom is -0.490 e. The number of aromatic nitrogens is 4. The van der Waals surface area contributed by atoms with Gasteiger partial charge in [-0.2, -0.15) is 5.10 Å². The number of methoxy groups -OCH3 is 1. The number of hydrogen-bond acceptors (Lipinski definition) is 5.